The van der Waals surface area contributed by atoms with Gasteiger partial charge in [0.15, 0.2) is 0 Å². The van der Waals surface area contributed by atoms with Gasteiger partial charge in [-0.3, -0.25) is 9.87 Å². The topological polar surface area (TPSA) is 66.4 Å². The molecule has 92 valence electrons. The molecular weight excluding hydrogens is 214 g/mol. The number of nitrogens with one attached hydrogen (secondary N) is 1. The summed E-state index contributed by atoms with van der Waals surface area (Å²) in [6, 6.07) is 0. The molecule has 0 saturated carbocycles. The van der Waals surface area contributed by atoms with Gasteiger partial charge in [-0.25, -0.2) is 0 Å². The van der Waals surface area contributed by atoms with Crippen LogP contribution >= 0.6 is 0 Å². The lowest BCUT2D eigenvalue weighted by atomic mass is 10.2. The second-order valence-electron chi connectivity index (χ2n) is 4.19. The van der Waals surface area contributed by atoms with E-state index in [1.165, 1.54) is 6.42 Å². The van der Waals surface area contributed by atoms with E-state index < -0.39 is 15.5 Å². The lowest BCUT2D eigenvalue weighted by Crippen LogP contribution is -2.41. The van der Waals surface area contributed by atoms with Crippen LogP contribution in [0.25, 0.3) is 0 Å². The summed E-state index contributed by atoms with van der Waals surface area (Å²) >= 11 is 0. The van der Waals surface area contributed by atoms with Crippen LogP contribution in [0.2, 0.25) is 0 Å². The normalized spacial score (nSPS) is 14.5. The van der Waals surface area contributed by atoms with Crippen LogP contribution in [-0.4, -0.2) is 24.9 Å². The van der Waals surface area contributed by atoms with E-state index in [-0.39, 0.29) is 5.92 Å². The van der Waals surface area contributed by atoms with Gasteiger partial charge in [0, 0.05) is 0 Å². The van der Waals surface area contributed by atoms with E-state index in [1.807, 2.05) is 0 Å². The Morgan fingerprint density at radius 1 is 1.20 bits per heavy atom. The summed E-state index contributed by atoms with van der Waals surface area (Å²) in [6.45, 7) is 6.32. The molecule has 0 aromatic heterocycles. The Bertz CT molecular complexity index is 249. The van der Waals surface area contributed by atoms with Crippen LogP contribution < -0.4 is 5.32 Å². The first kappa shape index (κ1) is 14.9. The largest absolute Gasteiger partial charge is 0.299 e. The Hall–Kier alpha value is -0.130. The quantitative estimate of drug-likeness (QED) is 0.501. The van der Waals surface area contributed by atoms with Crippen LogP contribution in [0, 0.1) is 5.92 Å². The molecule has 0 radical (unpaired) electrons. The Morgan fingerprint density at radius 3 is 2.20 bits per heavy atom. The van der Waals surface area contributed by atoms with Gasteiger partial charge in [0.05, 0.1) is 0 Å². The second kappa shape index (κ2) is 7.19. The lowest BCUT2D eigenvalue weighted by molar-refractivity contribution is 0.407. The van der Waals surface area contributed by atoms with Gasteiger partial charge in [0.2, 0.25) is 0 Å². The maximum atomic E-state index is 11.0. The van der Waals surface area contributed by atoms with Gasteiger partial charge < -0.3 is 0 Å². The number of unbranched alkanes of at least 4 members (excludes halogenated alkanes) is 3. The fourth-order valence-electron chi connectivity index (χ4n) is 1.48. The van der Waals surface area contributed by atoms with Gasteiger partial charge in [0.25, 0.3) is 10.1 Å². The summed E-state index contributed by atoms with van der Waals surface area (Å²) < 4.78 is 30.9. The summed E-state index contributed by atoms with van der Waals surface area (Å²) in [4.78, 5) is 0. The molecular formula is C10H23NO3S. The number of hydrogen-bond donors (Lipinski definition) is 2. The maximum Gasteiger partial charge on any atom is 0.281 e. The molecule has 2 N–H and O–H groups in total. The minimum absolute atomic E-state index is 0.119. The predicted octanol–water partition coefficient (Wildman–Crippen LogP) is 2.03. The molecule has 0 rings (SSSR count). The van der Waals surface area contributed by atoms with Crippen molar-refractivity contribution >= 4 is 10.1 Å². The summed E-state index contributed by atoms with van der Waals surface area (Å²) in [5.41, 5.74) is 0. The van der Waals surface area contributed by atoms with Gasteiger partial charge in [-0.05, 0) is 18.9 Å². The van der Waals surface area contributed by atoms with Crippen LogP contribution in [0.15, 0.2) is 0 Å². The molecule has 1 atom stereocenters. The third-order valence-corrected chi connectivity index (χ3v) is 3.66. The van der Waals surface area contributed by atoms with Crippen LogP contribution in [0.1, 0.15) is 46.5 Å². The van der Waals surface area contributed by atoms with Gasteiger partial charge in [-0.15, -0.1) is 0 Å². The van der Waals surface area contributed by atoms with Crippen LogP contribution in [0.5, 0.6) is 0 Å². The SMILES string of the molecule is CCCCCCNC(C(C)C)S(=O)(=O)O. The zero-order chi connectivity index (χ0) is 11.9. The standard InChI is InChI=1S/C10H23NO3S/c1-4-5-6-7-8-11-10(9(2)3)15(12,13)14/h9-11H,4-8H2,1-3H3,(H,12,13,14). The maximum absolute atomic E-state index is 11.0. The van der Waals surface area contributed by atoms with Crippen LogP contribution in [0.4, 0.5) is 0 Å². The third-order valence-electron chi connectivity index (χ3n) is 2.30. The molecule has 0 aromatic rings. The predicted molar refractivity (Wildman–Crippen MR) is 62.3 cm³/mol. The van der Waals surface area contributed by atoms with Gasteiger partial charge in [0.1, 0.15) is 5.37 Å². The van der Waals surface area contributed by atoms with Crippen molar-refractivity contribution in [2.75, 3.05) is 6.54 Å². The fourth-order valence-corrected chi connectivity index (χ4v) is 2.50. The average molecular weight is 237 g/mol. The summed E-state index contributed by atoms with van der Waals surface area (Å²) in [7, 11) is -3.97. The van der Waals surface area contributed by atoms with E-state index >= 15 is 0 Å². The second-order valence-corrected chi connectivity index (χ2v) is 5.73. The highest BCUT2D eigenvalue weighted by atomic mass is 32.2. The Balaban J connectivity index is 3.89. The zero-order valence-electron chi connectivity index (χ0n) is 9.86. The van der Waals surface area contributed by atoms with E-state index in [0.29, 0.717) is 6.54 Å². The molecule has 0 aliphatic rings. The molecule has 4 nitrogen and oxygen atoms in total. The molecule has 5 heteroatoms. The lowest BCUT2D eigenvalue weighted by Gasteiger charge is -2.19. The van der Waals surface area contributed by atoms with Crippen molar-refractivity contribution in [3.63, 3.8) is 0 Å². The van der Waals surface area contributed by atoms with Crippen molar-refractivity contribution < 1.29 is 13.0 Å². The van der Waals surface area contributed by atoms with Crippen LogP contribution in [0.3, 0.4) is 0 Å². The van der Waals surface area contributed by atoms with E-state index in [0.717, 1.165) is 19.3 Å². The molecule has 0 aliphatic carbocycles. The monoisotopic (exact) mass is 237 g/mol. The Kier molecular flexibility index (Phi) is 7.13. The molecule has 0 fully saturated rings. The third kappa shape index (κ3) is 6.87. The van der Waals surface area contributed by atoms with Gasteiger partial charge in [-0.2, -0.15) is 8.42 Å². The van der Waals surface area contributed by atoms with E-state index in [1.54, 1.807) is 13.8 Å². The highest BCUT2D eigenvalue weighted by Crippen LogP contribution is 2.08. The molecule has 0 heterocycles. The average Bonchev–Trinajstić information content (AvgIpc) is 2.08. The van der Waals surface area contributed by atoms with Gasteiger partial charge >= 0.3 is 0 Å². The van der Waals surface area contributed by atoms with E-state index in [9.17, 15) is 8.42 Å². The Morgan fingerprint density at radius 2 is 1.80 bits per heavy atom. The molecule has 0 aromatic carbocycles. The molecule has 0 spiro atoms. The minimum atomic E-state index is -3.97. The molecule has 15 heavy (non-hydrogen) atoms. The highest BCUT2D eigenvalue weighted by molar-refractivity contribution is 7.86. The molecule has 0 bridgehead atoms. The summed E-state index contributed by atoms with van der Waals surface area (Å²) in [5.74, 6) is -0.119. The minimum Gasteiger partial charge on any atom is -0.299 e. The van der Waals surface area contributed by atoms with Crippen molar-refractivity contribution in [3.8, 4) is 0 Å². The van der Waals surface area contributed by atoms with Crippen molar-refractivity contribution in [3.05, 3.63) is 0 Å². The van der Waals surface area contributed by atoms with Crippen molar-refractivity contribution in [1.29, 1.82) is 0 Å². The van der Waals surface area contributed by atoms with Gasteiger partial charge in [-0.1, -0.05) is 40.0 Å². The smallest absolute Gasteiger partial charge is 0.281 e. The Labute approximate surface area is 93.2 Å². The highest BCUT2D eigenvalue weighted by Gasteiger charge is 2.25. The van der Waals surface area contributed by atoms with Crippen molar-refractivity contribution in [1.82, 2.24) is 5.32 Å². The summed E-state index contributed by atoms with van der Waals surface area (Å²) in [6.07, 6.45) is 4.37. The molecule has 1 unspecified atom stereocenters. The van der Waals surface area contributed by atoms with Crippen molar-refractivity contribution in [2.24, 2.45) is 5.92 Å². The first-order chi connectivity index (χ1) is 6.89. The zero-order valence-corrected chi connectivity index (χ0v) is 10.7. The first-order valence-electron chi connectivity index (χ1n) is 5.59. The fraction of sp³-hybridized carbons (Fsp3) is 1.00. The van der Waals surface area contributed by atoms with Crippen molar-refractivity contribution in [2.45, 2.75) is 51.8 Å². The number of hydrogen-bond acceptors (Lipinski definition) is 3. The van der Waals surface area contributed by atoms with E-state index in [4.69, 9.17) is 4.55 Å². The summed E-state index contributed by atoms with van der Waals surface area (Å²) in [5, 5.41) is 2.05. The molecule has 0 aliphatic heterocycles. The van der Waals surface area contributed by atoms with Crippen LogP contribution in [-0.2, 0) is 10.1 Å². The number of rotatable bonds is 8. The molecule has 0 saturated heterocycles. The first-order valence-corrected chi connectivity index (χ1v) is 7.09. The van der Waals surface area contributed by atoms with E-state index in [2.05, 4.69) is 12.2 Å². The molecule has 0 amide bonds.